The van der Waals surface area contributed by atoms with Crippen molar-refractivity contribution >= 4 is 25.2 Å². The Bertz CT molecular complexity index is 680. The third kappa shape index (κ3) is 34.0. The van der Waals surface area contributed by atoms with E-state index in [-0.39, 0.29) is 25.2 Å². The summed E-state index contributed by atoms with van der Waals surface area (Å²) in [5, 5.41) is 0. The minimum absolute atomic E-state index is 0. The van der Waals surface area contributed by atoms with Crippen LogP contribution in [0.15, 0.2) is 78.9 Å². The molecule has 0 aromatic heterocycles. The molecule has 3 aromatic carbocycles. The Labute approximate surface area is 233 Å². The molecule has 0 heterocycles. The van der Waals surface area contributed by atoms with Crippen molar-refractivity contribution in [3.63, 3.8) is 0 Å². The first-order chi connectivity index (χ1) is 15.9. The van der Waals surface area contributed by atoms with Crippen LogP contribution in [0, 0.1) is 20.8 Å². The van der Waals surface area contributed by atoms with Crippen molar-refractivity contribution in [1.29, 1.82) is 0 Å². The van der Waals surface area contributed by atoms with Gasteiger partial charge >= 0.3 is 0 Å². The van der Waals surface area contributed by atoms with E-state index in [2.05, 4.69) is 105 Å². The lowest BCUT2D eigenvalue weighted by atomic mass is 10.0. The number of hydrogen-bond donors (Lipinski definition) is 0. The highest BCUT2D eigenvalue weighted by Gasteiger charge is 1.94. The van der Waals surface area contributed by atoms with Gasteiger partial charge in [0.1, 0.15) is 0 Å². The number of aryl methyl sites for hydroxylation is 5. The molecule has 0 bridgehead atoms. The van der Waals surface area contributed by atoms with Gasteiger partial charge in [-0.25, -0.2) is 0 Å². The van der Waals surface area contributed by atoms with Crippen LogP contribution >= 0.6 is 0 Å². The van der Waals surface area contributed by atoms with Gasteiger partial charge in [0.2, 0.25) is 0 Å². The highest BCUT2D eigenvalue weighted by atomic mass is 14.0. The summed E-state index contributed by atoms with van der Waals surface area (Å²) in [6, 6.07) is 27.3. The summed E-state index contributed by atoms with van der Waals surface area (Å²) >= 11 is 0. The highest BCUT2D eigenvalue weighted by Crippen LogP contribution is 2.10. The molecule has 3 aromatic rings. The fraction of sp³-hybridized carbons (Fsp3) is 0.455. The molecule has 0 spiro atoms. The Balaban J connectivity index is -0.0000000805. The van der Waals surface area contributed by atoms with E-state index in [0.29, 0.717) is 0 Å². The Morgan fingerprint density at radius 3 is 0.833 bits per heavy atom. The number of benzene rings is 3. The lowest BCUT2D eigenvalue weighted by Gasteiger charge is -2.02. The van der Waals surface area contributed by atoms with Gasteiger partial charge in [-0.3, -0.25) is 0 Å². The highest BCUT2D eigenvalue weighted by molar-refractivity contribution is 5.76. The number of rotatable bonds is 2. The average Bonchev–Trinajstić information content (AvgIpc) is 2.83. The first kappa shape index (κ1) is 47.1. The Morgan fingerprint density at radius 2 is 0.667 bits per heavy atom. The van der Waals surface area contributed by atoms with Gasteiger partial charge in [-0.05, 0) is 44.7 Å². The van der Waals surface area contributed by atoms with Gasteiger partial charge in [0.15, 0.2) is 0 Å². The predicted molar refractivity (Wildman–Crippen MR) is 173 cm³/mol. The van der Waals surface area contributed by atoms with Crippen LogP contribution in [0.4, 0.5) is 0 Å². The molecule has 0 nitrogen and oxygen atoms in total. The van der Waals surface area contributed by atoms with E-state index in [9.17, 15) is 0 Å². The maximum atomic E-state index is 2.30. The van der Waals surface area contributed by atoms with E-state index in [4.69, 9.17) is 0 Å². The molecule has 0 saturated heterocycles. The molecule has 0 unspecified atom stereocenters. The first-order valence-electron chi connectivity index (χ1n) is 13.0. The van der Waals surface area contributed by atoms with Gasteiger partial charge in [0.05, 0.1) is 0 Å². The molecular weight excluding hydrogens is 429 g/mol. The first-order valence-corrected chi connectivity index (χ1v) is 13.0. The molecule has 0 N–H and O–H groups in total. The van der Waals surface area contributed by atoms with E-state index in [0.717, 1.165) is 12.8 Å². The summed E-state index contributed by atoms with van der Waals surface area (Å²) in [5.41, 5.74) is 6.95. The monoisotopic (exact) mass is 483 g/mol. The Hall–Kier alpha value is -2.15. The van der Waals surface area contributed by atoms with Crippen LogP contribution in [0.25, 0.3) is 0 Å². The SMILES string of the molecule is CC.CCC.CCC.CCc1cc(C)cc(CC)c1.Cc1ccccc1.Cc1ccccc1.[B].[B].[B]. The second kappa shape index (κ2) is 37.4. The van der Waals surface area contributed by atoms with Crippen molar-refractivity contribution < 1.29 is 0 Å². The fourth-order valence-electron chi connectivity index (χ4n) is 2.43. The van der Waals surface area contributed by atoms with Crippen LogP contribution < -0.4 is 0 Å². The molecule has 0 aliphatic heterocycles. The van der Waals surface area contributed by atoms with E-state index in [1.165, 1.54) is 40.7 Å². The molecule has 0 amide bonds. The lowest BCUT2D eigenvalue weighted by molar-refractivity contribution is 1.08. The van der Waals surface area contributed by atoms with Crippen molar-refractivity contribution in [3.8, 4) is 0 Å². The van der Waals surface area contributed by atoms with Crippen LogP contribution in [0.2, 0.25) is 0 Å². The minimum Gasteiger partial charge on any atom is -0.0683 e. The maximum absolute atomic E-state index is 2.30. The quantitative estimate of drug-likeness (QED) is 0.318. The summed E-state index contributed by atoms with van der Waals surface area (Å²) in [5.74, 6) is 0. The molecule has 0 atom stereocenters. The van der Waals surface area contributed by atoms with Crippen molar-refractivity contribution in [2.75, 3.05) is 0 Å². The van der Waals surface area contributed by atoms with Gasteiger partial charge in [0.25, 0.3) is 0 Å². The van der Waals surface area contributed by atoms with Crippen molar-refractivity contribution in [2.45, 2.75) is 102 Å². The molecule has 3 heteroatoms. The third-order valence-corrected chi connectivity index (χ3v) is 3.89. The van der Waals surface area contributed by atoms with Gasteiger partial charge in [-0.1, -0.05) is 164 Å². The normalized spacial score (nSPS) is 7.64. The Morgan fingerprint density at radius 1 is 0.417 bits per heavy atom. The molecule has 36 heavy (non-hydrogen) atoms. The molecule has 0 aliphatic rings. The van der Waals surface area contributed by atoms with Crippen LogP contribution in [-0.4, -0.2) is 25.2 Å². The van der Waals surface area contributed by atoms with Gasteiger partial charge in [-0.15, -0.1) is 0 Å². The molecule has 3 rings (SSSR count). The van der Waals surface area contributed by atoms with E-state index in [1.807, 2.05) is 50.2 Å². The van der Waals surface area contributed by atoms with E-state index < -0.39 is 0 Å². The second-order valence-corrected chi connectivity index (χ2v) is 7.76. The summed E-state index contributed by atoms with van der Waals surface area (Å²) in [7, 11) is 0. The largest absolute Gasteiger partial charge is 0.0683 e. The summed E-state index contributed by atoms with van der Waals surface area (Å²) in [6.45, 7) is 23.2. The molecular formula is C33H54B3. The zero-order valence-electron chi connectivity index (χ0n) is 25.6. The lowest BCUT2D eigenvalue weighted by Crippen LogP contribution is -1.87. The van der Waals surface area contributed by atoms with Gasteiger partial charge in [-0.2, -0.15) is 0 Å². The minimum atomic E-state index is 0. The summed E-state index contributed by atoms with van der Waals surface area (Å²) in [6.07, 6.45) is 4.80. The molecule has 195 valence electrons. The maximum Gasteiger partial charge on any atom is 0 e. The van der Waals surface area contributed by atoms with Crippen LogP contribution in [-0.2, 0) is 12.8 Å². The van der Waals surface area contributed by atoms with Gasteiger partial charge < -0.3 is 0 Å². The van der Waals surface area contributed by atoms with E-state index in [1.54, 1.807) is 0 Å². The van der Waals surface area contributed by atoms with Crippen molar-refractivity contribution in [1.82, 2.24) is 0 Å². The second-order valence-electron chi connectivity index (χ2n) is 7.76. The zero-order valence-corrected chi connectivity index (χ0v) is 25.6. The van der Waals surface area contributed by atoms with Crippen LogP contribution in [0.5, 0.6) is 0 Å². The smallest absolute Gasteiger partial charge is 0 e. The summed E-state index contributed by atoms with van der Waals surface area (Å²) in [4.78, 5) is 0. The Kier molecular flexibility index (Phi) is 48.9. The van der Waals surface area contributed by atoms with Crippen LogP contribution in [0.1, 0.15) is 96.0 Å². The predicted octanol–water partition coefficient (Wildman–Crippen LogP) is 9.83. The zero-order chi connectivity index (χ0) is 25.9. The van der Waals surface area contributed by atoms with Crippen molar-refractivity contribution in [2.24, 2.45) is 0 Å². The number of hydrogen-bond acceptors (Lipinski definition) is 0. The summed E-state index contributed by atoms with van der Waals surface area (Å²) < 4.78 is 0. The van der Waals surface area contributed by atoms with Crippen LogP contribution in [0.3, 0.4) is 0 Å². The van der Waals surface area contributed by atoms with Gasteiger partial charge in [0, 0.05) is 25.2 Å². The molecule has 0 saturated carbocycles. The topological polar surface area (TPSA) is 0 Å². The average molecular weight is 483 g/mol. The van der Waals surface area contributed by atoms with E-state index >= 15 is 0 Å². The van der Waals surface area contributed by atoms with Crippen molar-refractivity contribution in [3.05, 3.63) is 107 Å². The third-order valence-electron chi connectivity index (χ3n) is 3.89. The molecule has 0 fully saturated rings. The molecule has 0 aliphatic carbocycles. The standard InChI is InChI=1S/C11H16.2C7H8.2C3H8.C2H6.3B/c1-4-10-6-9(3)7-11(5-2)8-10;2*1-7-5-3-2-4-6-7;2*1-3-2;1-2;;;/h6-8H,4-5H2,1-3H3;2*2-6H,1H3;2*3H2,1-2H3;1-2H3;;;. The fourth-order valence-corrected chi connectivity index (χ4v) is 2.43. The molecule has 9 radical (unpaired) electrons.